The zero-order valence-electron chi connectivity index (χ0n) is 9.06. The molecule has 0 bridgehead atoms. The second kappa shape index (κ2) is 4.47. The summed E-state index contributed by atoms with van der Waals surface area (Å²) in [5, 5.41) is 0. The quantitative estimate of drug-likeness (QED) is 0.857. The van der Waals surface area contributed by atoms with E-state index in [1.807, 2.05) is 6.07 Å². The van der Waals surface area contributed by atoms with Gasteiger partial charge in [0.05, 0.1) is 4.90 Å². The topological polar surface area (TPSA) is 37.4 Å². The van der Waals surface area contributed by atoms with E-state index in [1.165, 1.54) is 4.31 Å². The van der Waals surface area contributed by atoms with Crippen LogP contribution in [0, 0.1) is 5.92 Å². The lowest BCUT2D eigenvalue weighted by atomic mass is 10.4. The summed E-state index contributed by atoms with van der Waals surface area (Å²) in [6, 6.07) is 6.92. The van der Waals surface area contributed by atoms with E-state index in [-0.39, 0.29) is 0 Å². The van der Waals surface area contributed by atoms with Crippen LogP contribution in [-0.4, -0.2) is 26.3 Å². The highest BCUT2D eigenvalue weighted by Crippen LogP contribution is 2.32. The van der Waals surface area contributed by atoms with E-state index in [4.69, 9.17) is 0 Å². The Bertz CT molecular complexity index is 483. The smallest absolute Gasteiger partial charge is 0.207 e. The van der Waals surface area contributed by atoms with Gasteiger partial charge in [-0.3, -0.25) is 0 Å². The maximum absolute atomic E-state index is 12.2. The summed E-state index contributed by atoms with van der Waals surface area (Å²) >= 11 is 3.28. The molecule has 1 aromatic carbocycles. The zero-order valence-corrected chi connectivity index (χ0v) is 11.5. The number of rotatable bonds is 4. The third-order valence-electron chi connectivity index (χ3n) is 2.74. The Balaban J connectivity index is 2.27. The number of nitrogens with zero attached hydrogens (tertiary/aromatic N) is 1. The lowest BCUT2D eigenvalue weighted by Crippen LogP contribution is -2.29. The normalized spacial score (nSPS) is 16.7. The molecule has 1 saturated carbocycles. The summed E-state index contributed by atoms with van der Waals surface area (Å²) in [6.45, 7) is 0.629. The Labute approximate surface area is 105 Å². The van der Waals surface area contributed by atoms with Gasteiger partial charge in [-0.05, 0) is 46.8 Å². The summed E-state index contributed by atoms with van der Waals surface area (Å²) < 4.78 is 26.5. The van der Waals surface area contributed by atoms with Crippen molar-refractivity contribution in [1.29, 1.82) is 0 Å². The van der Waals surface area contributed by atoms with E-state index in [9.17, 15) is 8.42 Å². The minimum absolute atomic E-state index is 0.346. The maximum atomic E-state index is 12.2. The molecular formula is C11H14BrNO2S. The number of hydrogen-bond acceptors (Lipinski definition) is 2. The van der Waals surface area contributed by atoms with Crippen molar-refractivity contribution in [3.63, 3.8) is 0 Å². The van der Waals surface area contributed by atoms with E-state index in [2.05, 4.69) is 15.9 Å². The number of halogens is 1. The zero-order chi connectivity index (χ0) is 11.8. The van der Waals surface area contributed by atoms with Crippen molar-refractivity contribution < 1.29 is 8.42 Å². The largest absolute Gasteiger partial charge is 0.243 e. The SMILES string of the molecule is CN(CC1CC1)S(=O)(=O)c1ccccc1Br. The number of sulfonamides is 1. The van der Waals surface area contributed by atoms with Crippen LogP contribution in [0.3, 0.4) is 0 Å². The Morgan fingerprint density at radius 2 is 2.00 bits per heavy atom. The van der Waals surface area contributed by atoms with Crippen LogP contribution in [0.1, 0.15) is 12.8 Å². The summed E-state index contributed by atoms with van der Waals surface area (Å²) in [6.07, 6.45) is 2.30. The van der Waals surface area contributed by atoms with E-state index >= 15 is 0 Å². The highest BCUT2D eigenvalue weighted by atomic mass is 79.9. The third-order valence-corrected chi connectivity index (χ3v) is 5.57. The lowest BCUT2D eigenvalue weighted by Gasteiger charge is -2.17. The van der Waals surface area contributed by atoms with Crippen LogP contribution in [-0.2, 0) is 10.0 Å². The van der Waals surface area contributed by atoms with Gasteiger partial charge in [0.2, 0.25) is 10.0 Å². The molecule has 16 heavy (non-hydrogen) atoms. The van der Waals surface area contributed by atoms with Gasteiger partial charge < -0.3 is 0 Å². The molecule has 0 spiro atoms. The van der Waals surface area contributed by atoms with E-state index in [0.29, 0.717) is 21.8 Å². The van der Waals surface area contributed by atoms with E-state index in [1.54, 1.807) is 25.2 Å². The van der Waals surface area contributed by atoms with Crippen LogP contribution in [0.25, 0.3) is 0 Å². The number of hydrogen-bond donors (Lipinski definition) is 0. The van der Waals surface area contributed by atoms with Gasteiger partial charge in [0.15, 0.2) is 0 Å². The molecule has 0 radical (unpaired) electrons. The van der Waals surface area contributed by atoms with Crippen LogP contribution in [0.5, 0.6) is 0 Å². The fourth-order valence-corrected chi connectivity index (χ4v) is 3.79. The van der Waals surface area contributed by atoms with Gasteiger partial charge in [-0.1, -0.05) is 12.1 Å². The fourth-order valence-electron chi connectivity index (χ4n) is 1.58. The highest BCUT2D eigenvalue weighted by molar-refractivity contribution is 9.10. The summed E-state index contributed by atoms with van der Waals surface area (Å²) in [4.78, 5) is 0.346. The molecule has 88 valence electrons. The van der Waals surface area contributed by atoms with Crippen LogP contribution in [0.15, 0.2) is 33.6 Å². The predicted molar refractivity (Wildman–Crippen MR) is 66.7 cm³/mol. The molecule has 1 aliphatic rings. The maximum Gasteiger partial charge on any atom is 0.243 e. The molecule has 2 rings (SSSR count). The molecule has 0 heterocycles. The Kier molecular flexibility index (Phi) is 3.37. The molecule has 1 aliphatic carbocycles. The number of benzene rings is 1. The highest BCUT2D eigenvalue weighted by Gasteiger charge is 2.29. The average Bonchev–Trinajstić information content (AvgIpc) is 3.02. The molecule has 0 atom stereocenters. The van der Waals surface area contributed by atoms with Crippen LogP contribution >= 0.6 is 15.9 Å². The van der Waals surface area contributed by atoms with Crippen molar-refractivity contribution >= 4 is 26.0 Å². The molecule has 1 fully saturated rings. The predicted octanol–water partition coefficient (Wildman–Crippen LogP) is 2.48. The average molecular weight is 304 g/mol. The monoisotopic (exact) mass is 303 g/mol. The molecule has 0 saturated heterocycles. The second-order valence-electron chi connectivity index (χ2n) is 4.16. The first kappa shape index (κ1) is 12.1. The summed E-state index contributed by atoms with van der Waals surface area (Å²) in [5.74, 6) is 0.558. The molecule has 1 aromatic rings. The second-order valence-corrected chi connectivity index (χ2v) is 7.03. The van der Waals surface area contributed by atoms with Gasteiger partial charge in [-0.15, -0.1) is 0 Å². The van der Waals surface area contributed by atoms with Gasteiger partial charge in [0, 0.05) is 18.1 Å². The van der Waals surface area contributed by atoms with Crippen molar-refractivity contribution in [1.82, 2.24) is 4.31 Å². The molecule has 0 N–H and O–H groups in total. The van der Waals surface area contributed by atoms with Gasteiger partial charge in [0.1, 0.15) is 0 Å². The van der Waals surface area contributed by atoms with E-state index in [0.717, 1.165) is 12.8 Å². The minimum atomic E-state index is -3.34. The standard InChI is InChI=1S/C11H14BrNO2S/c1-13(8-9-6-7-9)16(14,15)11-5-3-2-4-10(11)12/h2-5,9H,6-8H2,1H3. The van der Waals surface area contributed by atoms with Gasteiger partial charge in [-0.25, -0.2) is 12.7 Å². The molecule has 5 heteroatoms. The van der Waals surface area contributed by atoms with Crippen molar-refractivity contribution in [2.45, 2.75) is 17.7 Å². The first-order chi connectivity index (χ1) is 7.51. The Morgan fingerprint density at radius 3 is 2.56 bits per heavy atom. The first-order valence-corrected chi connectivity index (χ1v) is 7.46. The fraction of sp³-hybridized carbons (Fsp3) is 0.455. The van der Waals surface area contributed by atoms with Crippen molar-refractivity contribution in [3.05, 3.63) is 28.7 Å². The molecule has 0 aromatic heterocycles. The van der Waals surface area contributed by atoms with Crippen molar-refractivity contribution in [2.75, 3.05) is 13.6 Å². The van der Waals surface area contributed by atoms with Gasteiger partial charge in [0.25, 0.3) is 0 Å². The third kappa shape index (κ3) is 2.47. The molecule has 3 nitrogen and oxygen atoms in total. The van der Waals surface area contributed by atoms with Crippen molar-refractivity contribution in [2.24, 2.45) is 5.92 Å². The molecule has 0 aliphatic heterocycles. The summed E-state index contributed by atoms with van der Waals surface area (Å²) in [7, 11) is -1.69. The molecule has 0 amide bonds. The van der Waals surface area contributed by atoms with Gasteiger partial charge in [-0.2, -0.15) is 0 Å². The lowest BCUT2D eigenvalue weighted by molar-refractivity contribution is 0.452. The Morgan fingerprint density at radius 1 is 1.38 bits per heavy atom. The first-order valence-electron chi connectivity index (χ1n) is 5.22. The van der Waals surface area contributed by atoms with Gasteiger partial charge >= 0.3 is 0 Å². The van der Waals surface area contributed by atoms with E-state index < -0.39 is 10.0 Å². The Hall–Kier alpha value is -0.390. The molecule has 0 unspecified atom stereocenters. The van der Waals surface area contributed by atoms with Crippen LogP contribution in [0.2, 0.25) is 0 Å². The summed E-state index contributed by atoms with van der Waals surface area (Å²) in [5.41, 5.74) is 0. The minimum Gasteiger partial charge on any atom is -0.207 e. The van der Waals surface area contributed by atoms with Crippen LogP contribution in [0.4, 0.5) is 0 Å². The molecular weight excluding hydrogens is 290 g/mol. The van der Waals surface area contributed by atoms with Crippen molar-refractivity contribution in [3.8, 4) is 0 Å². The van der Waals surface area contributed by atoms with Crippen LogP contribution < -0.4 is 0 Å².